The summed E-state index contributed by atoms with van der Waals surface area (Å²) in [7, 11) is 0. The lowest BCUT2D eigenvalue weighted by Crippen LogP contribution is -2.23. The number of aliphatic hydroxyl groups is 3. The second-order valence-electron chi connectivity index (χ2n) is 7.42. The second kappa shape index (κ2) is 12.4. The fourth-order valence-corrected chi connectivity index (χ4v) is 3.81. The van der Waals surface area contributed by atoms with Gasteiger partial charge in [0.25, 0.3) is 0 Å². The van der Waals surface area contributed by atoms with Crippen molar-refractivity contribution in [1.82, 2.24) is 0 Å². The largest absolute Gasteiger partial charge is 0.481 e. The van der Waals surface area contributed by atoms with Crippen LogP contribution in [0.25, 0.3) is 0 Å². The lowest BCUT2D eigenvalue weighted by Gasteiger charge is -2.23. The predicted octanol–water partition coefficient (Wildman–Crippen LogP) is 3.27. The number of allylic oxidation sites excluding steroid dienone is 2. The minimum Gasteiger partial charge on any atom is -0.481 e. The lowest BCUT2D eigenvalue weighted by atomic mass is 9.85. The van der Waals surface area contributed by atoms with Crippen LogP contribution in [0.1, 0.15) is 77.6 Å². The van der Waals surface area contributed by atoms with Gasteiger partial charge in [0.15, 0.2) is 0 Å². The normalized spacial score (nSPS) is 27.8. The summed E-state index contributed by atoms with van der Waals surface area (Å²) in [5, 5.41) is 39.1. The van der Waals surface area contributed by atoms with Gasteiger partial charge >= 0.3 is 5.97 Å². The fourth-order valence-electron chi connectivity index (χ4n) is 3.81. The zero-order chi connectivity index (χ0) is 18.7. The highest BCUT2D eigenvalue weighted by atomic mass is 16.4. The van der Waals surface area contributed by atoms with E-state index in [9.17, 15) is 20.1 Å². The van der Waals surface area contributed by atoms with E-state index in [-0.39, 0.29) is 24.4 Å². The lowest BCUT2D eigenvalue weighted by molar-refractivity contribution is -0.137. The molecule has 0 aromatic heterocycles. The molecule has 0 unspecified atom stereocenters. The smallest absolute Gasteiger partial charge is 0.303 e. The van der Waals surface area contributed by atoms with Gasteiger partial charge in [-0.1, -0.05) is 38.3 Å². The van der Waals surface area contributed by atoms with Crippen molar-refractivity contribution in [1.29, 1.82) is 0 Å². The molecular formula is C20H36O5. The van der Waals surface area contributed by atoms with Crippen molar-refractivity contribution in [3.05, 3.63) is 12.2 Å². The predicted molar refractivity (Wildman–Crippen MR) is 98.2 cm³/mol. The molecule has 0 saturated heterocycles. The molecule has 0 spiro atoms. The number of aliphatic hydroxyl groups excluding tert-OH is 3. The Hall–Kier alpha value is -0.910. The van der Waals surface area contributed by atoms with Crippen LogP contribution >= 0.6 is 0 Å². The van der Waals surface area contributed by atoms with Crippen LogP contribution in [-0.4, -0.2) is 44.7 Å². The van der Waals surface area contributed by atoms with Crippen LogP contribution < -0.4 is 0 Å². The van der Waals surface area contributed by atoms with Gasteiger partial charge in [0.2, 0.25) is 0 Å². The molecule has 1 saturated carbocycles. The average Bonchev–Trinajstić information content (AvgIpc) is 2.82. The molecule has 0 radical (unpaired) electrons. The zero-order valence-corrected chi connectivity index (χ0v) is 15.5. The molecule has 0 bridgehead atoms. The Labute approximate surface area is 151 Å². The van der Waals surface area contributed by atoms with Crippen LogP contribution in [0.5, 0.6) is 0 Å². The van der Waals surface area contributed by atoms with Gasteiger partial charge in [0.1, 0.15) is 0 Å². The first-order chi connectivity index (χ1) is 12.0. The van der Waals surface area contributed by atoms with Gasteiger partial charge in [0, 0.05) is 6.42 Å². The van der Waals surface area contributed by atoms with E-state index >= 15 is 0 Å². The van der Waals surface area contributed by atoms with E-state index in [1.807, 2.05) is 12.2 Å². The van der Waals surface area contributed by atoms with Crippen LogP contribution in [0.15, 0.2) is 12.2 Å². The van der Waals surface area contributed by atoms with Crippen molar-refractivity contribution >= 4 is 5.97 Å². The molecule has 0 heterocycles. The van der Waals surface area contributed by atoms with Crippen LogP contribution in [0.3, 0.4) is 0 Å². The number of carboxylic acid groups (broad SMARTS) is 1. The molecule has 5 atom stereocenters. The highest BCUT2D eigenvalue weighted by molar-refractivity contribution is 5.66. The van der Waals surface area contributed by atoms with Crippen LogP contribution in [0.2, 0.25) is 0 Å². The molecule has 4 N–H and O–H groups in total. The monoisotopic (exact) mass is 356 g/mol. The Balaban J connectivity index is 2.36. The first kappa shape index (κ1) is 22.1. The molecule has 0 amide bonds. The summed E-state index contributed by atoms with van der Waals surface area (Å²) < 4.78 is 0. The third-order valence-electron chi connectivity index (χ3n) is 5.33. The van der Waals surface area contributed by atoms with Gasteiger partial charge in [0.05, 0.1) is 18.3 Å². The van der Waals surface area contributed by atoms with Crippen molar-refractivity contribution in [2.24, 2.45) is 11.8 Å². The van der Waals surface area contributed by atoms with Crippen LogP contribution in [-0.2, 0) is 4.79 Å². The van der Waals surface area contributed by atoms with E-state index in [0.29, 0.717) is 25.7 Å². The van der Waals surface area contributed by atoms with Gasteiger partial charge in [-0.05, 0) is 56.8 Å². The molecule has 1 aliphatic rings. The van der Waals surface area contributed by atoms with Gasteiger partial charge in [-0.2, -0.15) is 0 Å². The van der Waals surface area contributed by atoms with E-state index in [1.54, 1.807) is 0 Å². The molecule has 1 fully saturated rings. The van der Waals surface area contributed by atoms with E-state index in [1.165, 1.54) is 0 Å². The molecule has 1 aliphatic carbocycles. The SMILES string of the molecule is CCCCC[C@H](O)CC[C@H]1[C@@H](C/C=C/CCCC(=O)O)[C@@H](O)C[C@H]1O. The Kier molecular flexibility index (Phi) is 11.0. The summed E-state index contributed by atoms with van der Waals surface area (Å²) in [5.41, 5.74) is 0. The molecule has 0 aromatic rings. The molecule has 25 heavy (non-hydrogen) atoms. The summed E-state index contributed by atoms with van der Waals surface area (Å²) in [6.07, 6.45) is 10.8. The molecule has 5 heteroatoms. The Morgan fingerprint density at radius 2 is 1.80 bits per heavy atom. The van der Waals surface area contributed by atoms with Gasteiger partial charge in [-0.15, -0.1) is 0 Å². The van der Waals surface area contributed by atoms with Crippen molar-refractivity contribution in [2.45, 2.75) is 95.9 Å². The molecule has 0 aromatic carbocycles. The number of aliphatic carboxylic acids is 1. The quantitative estimate of drug-likeness (QED) is 0.300. The number of carbonyl (C=O) groups is 1. The van der Waals surface area contributed by atoms with Crippen LogP contribution in [0, 0.1) is 11.8 Å². The maximum absolute atomic E-state index is 10.5. The number of rotatable bonds is 13. The number of unbranched alkanes of at least 4 members (excludes halogenated alkanes) is 3. The van der Waals surface area contributed by atoms with Gasteiger partial charge < -0.3 is 20.4 Å². The number of hydrogen-bond acceptors (Lipinski definition) is 4. The maximum Gasteiger partial charge on any atom is 0.303 e. The van der Waals surface area contributed by atoms with Gasteiger partial charge in [-0.25, -0.2) is 0 Å². The zero-order valence-electron chi connectivity index (χ0n) is 15.5. The highest BCUT2D eigenvalue weighted by Crippen LogP contribution is 2.38. The molecule has 0 aliphatic heterocycles. The Bertz CT molecular complexity index is 396. The number of hydrogen-bond donors (Lipinski definition) is 4. The minimum absolute atomic E-state index is 0.0218. The Morgan fingerprint density at radius 1 is 1.08 bits per heavy atom. The minimum atomic E-state index is -0.778. The number of carboxylic acids is 1. The van der Waals surface area contributed by atoms with Gasteiger partial charge in [-0.3, -0.25) is 4.79 Å². The van der Waals surface area contributed by atoms with Crippen molar-refractivity contribution in [2.75, 3.05) is 0 Å². The maximum atomic E-state index is 10.5. The second-order valence-corrected chi connectivity index (χ2v) is 7.42. The van der Waals surface area contributed by atoms with E-state index in [4.69, 9.17) is 5.11 Å². The molecular weight excluding hydrogens is 320 g/mol. The van der Waals surface area contributed by atoms with Crippen molar-refractivity contribution < 1.29 is 25.2 Å². The van der Waals surface area contributed by atoms with E-state index in [2.05, 4.69) is 6.92 Å². The first-order valence-electron chi connectivity index (χ1n) is 9.86. The molecule has 5 nitrogen and oxygen atoms in total. The van der Waals surface area contributed by atoms with E-state index in [0.717, 1.165) is 38.5 Å². The highest BCUT2D eigenvalue weighted by Gasteiger charge is 2.40. The summed E-state index contributed by atoms with van der Waals surface area (Å²) in [6, 6.07) is 0. The molecule has 1 rings (SSSR count). The third kappa shape index (κ3) is 8.84. The summed E-state index contributed by atoms with van der Waals surface area (Å²) in [6.45, 7) is 2.14. The van der Waals surface area contributed by atoms with Crippen molar-refractivity contribution in [3.63, 3.8) is 0 Å². The third-order valence-corrected chi connectivity index (χ3v) is 5.33. The molecule has 146 valence electrons. The summed E-state index contributed by atoms with van der Waals surface area (Å²) in [4.78, 5) is 10.5. The summed E-state index contributed by atoms with van der Waals surface area (Å²) in [5.74, 6) is -0.728. The van der Waals surface area contributed by atoms with Crippen molar-refractivity contribution in [3.8, 4) is 0 Å². The fraction of sp³-hybridized carbons (Fsp3) is 0.850. The Morgan fingerprint density at radius 3 is 2.48 bits per heavy atom. The van der Waals surface area contributed by atoms with Crippen LogP contribution in [0.4, 0.5) is 0 Å². The first-order valence-corrected chi connectivity index (χ1v) is 9.86. The summed E-state index contributed by atoms with van der Waals surface area (Å²) >= 11 is 0. The topological polar surface area (TPSA) is 98.0 Å². The average molecular weight is 357 g/mol. The standard InChI is InChI=1S/C20H36O5/c1-2-3-6-9-15(21)12-13-17-16(18(22)14-19(17)23)10-7-4-5-8-11-20(24)25/h4,7,15-19,21-23H,2-3,5-6,8-14H2,1H3,(H,24,25)/b7-4+/t15-,16+,17-,18-,19+/m0/s1. The van der Waals surface area contributed by atoms with E-state index < -0.39 is 18.2 Å².